The molecule has 0 heterocycles. The summed E-state index contributed by atoms with van der Waals surface area (Å²) in [5.74, 6) is -0.416. The van der Waals surface area contributed by atoms with Crippen LogP contribution in [0.2, 0.25) is 0 Å². The molecule has 2 aromatic carbocycles. The fourth-order valence-corrected chi connectivity index (χ4v) is 2.15. The molecule has 0 fully saturated rings. The van der Waals surface area contributed by atoms with Gasteiger partial charge in [-0.2, -0.15) is 0 Å². The molecule has 2 aromatic rings. The quantitative estimate of drug-likeness (QED) is 0.896. The highest BCUT2D eigenvalue weighted by atomic mass is 19.1. The van der Waals surface area contributed by atoms with Gasteiger partial charge in [-0.1, -0.05) is 50.2 Å². The van der Waals surface area contributed by atoms with Crippen molar-refractivity contribution < 1.29 is 9.18 Å². The zero-order chi connectivity index (χ0) is 14.5. The maximum absolute atomic E-state index is 13.2. The van der Waals surface area contributed by atoms with Crippen LogP contribution < -0.4 is 5.32 Å². The lowest BCUT2D eigenvalue weighted by Gasteiger charge is -2.23. The fraction of sp³-hybridized carbons (Fsp3) is 0.235. The van der Waals surface area contributed by atoms with Gasteiger partial charge in [0.15, 0.2) is 0 Å². The average Bonchev–Trinajstić information content (AvgIpc) is 2.45. The molecule has 1 unspecified atom stereocenters. The van der Waals surface area contributed by atoms with Crippen LogP contribution >= 0.6 is 0 Å². The molecule has 0 aliphatic rings. The summed E-state index contributed by atoms with van der Waals surface area (Å²) < 4.78 is 13.2. The van der Waals surface area contributed by atoms with Crippen molar-refractivity contribution in [3.05, 3.63) is 71.5 Å². The monoisotopic (exact) mass is 271 g/mol. The molecule has 0 radical (unpaired) electrons. The lowest BCUT2D eigenvalue weighted by atomic mass is 9.95. The fourth-order valence-electron chi connectivity index (χ4n) is 2.15. The van der Waals surface area contributed by atoms with Gasteiger partial charge in [0.2, 0.25) is 0 Å². The van der Waals surface area contributed by atoms with E-state index in [1.165, 1.54) is 18.2 Å². The highest BCUT2D eigenvalue weighted by Gasteiger charge is 2.19. The van der Waals surface area contributed by atoms with Gasteiger partial charge in [0.05, 0.1) is 6.04 Å². The van der Waals surface area contributed by atoms with E-state index in [0.29, 0.717) is 5.56 Å². The molecule has 2 nitrogen and oxygen atoms in total. The second-order valence-corrected chi connectivity index (χ2v) is 5.12. The van der Waals surface area contributed by atoms with E-state index in [9.17, 15) is 9.18 Å². The number of carbonyl (C=O) groups excluding carboxylic acids is 1. The lowest BCUT2D eigenvalue weighted by Crippen LogP contribution is -2.31. The van der Waals surface area contributed by atoms with Gasteiger partial charge in [-0.3, -0.25) is 4.79 Å². The molecule has 1 atom stereocenters. The normalized spacial score (nSPS) is 12.2. The Bertz CT molecular complexity index is 581. The molecule has 0 spiro atoms. The first-order valence-electron chi connectivity index (χ1n) is 6.69. The van der Waals surface area contributed by atoms with Crippen LogP contribution in [0.1, 0.15) is 35.8 Å². The molecule has 0 aliphatic heterocycles. The second kappa shape index (κ2) is 6.33. The molecule has 1 N–H and O–H groups in total. The predicted octanol–water partition coefficient (Wildman–Crippen LogP) is 3.95. The first-order valence-corrected chi connectivity index (χ1v) is 6.69. The highest BCUT2D eigenvalue weighted by molar-refractivity contribution is 5.94. The number of hydrogen-bond acceptors (Lipinski definition) is 1. The molecule has 3 heteroatoms. The molecule has 0 aliphatic carbocycles. The van der Waals surface area contributed by atoms with Gasteiger partial charge in [-0.25, -0.2) is 4.39 Å². The summed E-state index contributed by atoms with van der Waals surface area (Å²) in [6.45, 7) is 4.09. The van der Waals surface area contributed by atoms with E-state index < -0.39 is 5.82 Å². The van der Waals surface area contributed by atoms with Crippen LogP contribution in [0.25, 0.3) is 0 Å². The topological polar surface area (TPSA) is 29.1 Å². The zero-order valence-corrected chi connectivity index (χ0v) is 11.6. The number of carbonyl (C=O) groups is 1. The van der Waals surface area contributed by atoms with Gasteiger partial charge >= 0.3 is 0 Å². The van der Waals surface area contributed by atoms with E-state index in [1.54, 1.807) is 6.07 Å². The third-order valence-electron chi connectivity index (χ3n) is 3.20. The van der Waals surface area contributed by atoms with Gasteiger partial charge in [-0.15, -0.1) is 0 Å². The Morgan fingerprint density at radius 1 is 1.05 bits per heavy atom. The Morgan fingerprint density at radius 3 is 2.35 bits per heavy atom. The number of hydrogen-bond donors (Lipinski definition) is 1. The largest absolute Gasteiger partial charge is 0.345 e. The Morgan fingerprint density at radius 2 is 1.75 bits per heavy atom. The third-order valence-corrected chi connectivity index (χ3v) is 3.20. The van der Waals surface area contributed by atoms with Crippen LogP contribution in [0.3, 0.4) is 0 Å². The van der Waals surface area contributed by atoms with E-state index in [2.05, 4.69) is 5.32 Å². The maximum Gasteiger partial charge on any atom is 0.251 e. The van der Waals surface area contributed by atoms with Crippen LogP contribution in [-0.4, -0.2) is 5.91 Å². The zero-order valence-electron chi connectivity index (χ0n) is 11.6. The van der Waals surface area contributed by atoms with Gasteiger partial charge < -0.3 is 5.32 Å². The van der Waals surface area contributed by atoms with Gasteiger partial charge in [0.25, 0.3) is 5.91 Å². The summed E-state index contributed by atoms with van der Waals surface area (Å²) in [6.07, 6.45) is 0. The van der Waals surface area contributed by atoms with Crippen molar-refractivity contribution in [1.29, 1.82) is 0 Å². The SMILES string of the molecule is CC(C)C(NC(=O)c1cccc(F)c1)c1ccccc1. The summed E-state index contributed by atoms with van der Waals surface area (Å²) in [4.78, 5) is 12.2. The number of amides is 1. The number of halogens is 1. The van der Waals surface area contributed by atoms with E-state index >= 15 is 0 Å². The Hall–Kier alpha value is -2.16. The van der Waals surface area contributed by atoms with Crippen LogP contribution in [0.5, 0.6) is 0 Å². The van der Waals surface area contributed by atoms with E-state index in [0.717, 1.165) is 5.56 Å². The highest BCUT2D eigenvalue weighted by Crippen LogP contribution is 2.21. The van der Waals surface area contributed by atoms with Gasteiger partial charge in [0, 0.05) is 5.56 Å². The van der Waals surface area contributed by atoms with Crippen LogP contribution in [-0.2, 0) is 0 Å². The molecule has 0 aromatic heterocycles. The van der Waals surface area contributed by atoms with Crippen molar-refractivity contribution in [3.63, 3.8) is 0 Å². The van der Waals surface area contributed by atoms with Crippen molar-refractivity contribution in [2.24, 2.45) is 5.92 Å². The van der Waals surface area contributed by atoms with Crippen molar-refractivity contribution in [2.75, 3.05) is 0 Å². The van der Waals surface area contributed by atoms with Crippen molar-refractivity contribution in [1.82, 2.24) is 5.32 Å². The summed E-state index contributed by atoms with van der Waals surface area (Å²) in [5.41, 5.74) is 1.39. The molecule has 0 saturated carbocycles. The first kappa shape index (κ1) is 14.3. The standard InChI is InChI=1S/C17H18FNO/c1-12(2)16(13-7-4-3-5-8-13)19-17(20)14-9-6-10-15(18)11-14/h3-12,16H,1-2H3,(H,19,20). The molecule has 0 saturated heterocycles. The predicted molar refractivity (Wildman–Crippen MR) is 77.9 cm³/mol. The Labute approximate surface area is 118 Å². The minimum absolute atomic E-state index is 0.0908. The molecule has 1 amide bonds. The van der Waals surface area contributed by atoms with Gasteiger partial charge in [-0.05, 0) is 29.7 Å². The second-order valence-electron chi connectivity index (χ2n) is 5.12. The summed E-state index contributed by atoms with van der Waals surface area (Å²) >= 11 is 0. The Kier molecular flexibility index (Phi) is 4.51. The van der Waals surface area contributed by atoms with E-state index in [4.69, 9.17) is 0 Å². The number of benzene rings is 2. The minimum Gasteiger partial charge on any atom is -0.345 e. The molecular formula is C17H18FNO. The van der Waals surface area contributed by atoms with Crippen LogP contribution in [0.4, 0.5) is 4.39 Å². The number of nitrogens with one attached hydrogen (secondary N) is 1. The summed E-state index contributed by atoms with van der Waals surface area (Å²) in [5, 5.41) is 2.97. The smallest absolute Gasteiger partial charge is 0.251 e. The van der Waals surface area contributed by atoms with E-state index in [1.807, 2.05) is 44.2 Å². The molecule has 104 valence electrons. The molecule has 0 bridgehead atoms. The van der Waals surface area contributed by atoms with Gasteiger partial charge in [0.1, 0.15) is 5.82 Å². The number of rotatable bonds is 4. The maximum atomic E-state index is 13.2. The minimum atomic E-state index is -0.404. The summed E-state index contributed by atoms with van der Waals surface area (Å²) in [6, 6.07) is 15.4. The van der Waals surface area contributed by atoms with Crippen molar-refractivity contribution in [3.8, 4) is 0 Å². The average molecular weight is 271 g/mol. The Balaban J connectivity index is 2.19. The van der Waals surface area contributed by atoms with Crippen molar-refractivity contribution in [2.45, 2.75) is 19.9 Å². The summed E-state index contributed by atoms with van der Waals surface area (Å²) in [7, 11) is 0. The van der Waals surface area contributed by atoms with E-state index in [-0.39, 0.29) is 17.9 Å². The third kappa shape index (κ3) is 3.44. The first-order chi connectivity index (χ1) is 9.58. The lowest BCUT2D eigenvalue weighted by molar-refractivity contribution is 0.0925. The van der Waals surface area contributed by atoms with Crippen LogP contribution in [0, 0.1) is 11.7 Å². The molecular weight excluding hydrogens is 253 g/mol. The van der Waals surface area contributed by atoms with Crippen molar-refractivity contribution >= 4 is 5.91 Å². The van der Waals surface area contributed by atoms with Crippen LogP contribution in [0.15, 0.2) is 54.6 Å². The molecule has 2 rings (SSSR count). The molecule has 20 heavy (non-hydrogen) atoms.